The van der Waals surface area contributed by atoms with E-state index in [9.17, 15) is 8.78 Å². The Hall–Kier alpha value is -3.01. The number of halogens is 3. The van der Waals surface area contributed by atoms with Crippen LogP contribution in [0.2, 0.25) is 5.02 Å². The summed E-state index contributed by atoms with van der Waals surface area (Å²) >= 11 is 5.85. The summed E-state index contributed by atoms with van der Waals surface area (Å²) in [6, 6.07) is 1.33. The molecule has 0 bridgehead atoms. The maximum absolute atomic E-state index is 12.5. The predicted molar refractivity (Wildman–Crippen MR) is 97.8 cm³/mol. The van der Waals surface area contributed by atoms with Crippen LogP contribution in [0.25, 0.3) is 17.1 Å². The lowest BCUT2D eigenvalue weighted by atomic mass is 10.4. The summed E-state index contributed by atoms with van der Waals surface area (Å²) in [6.45, 7) is 0.998. The lowest BCUT2D eigenvalue weighted by Crippen LogP contribution is -2.08. The molecule has 0 radical (unpaired) electrons. The van der Waals surface area contributed by atoms with E-state index in [2.05, 4.69) is 19.9 Å². The topological polar surface area (TPSA) is 84.2 Å². The standard InChI is InChI=1S/C17H16ClF2N5O3/c1-4-10(26-3)15-24-14-16(25(15)2)23-13(7-21-14)28-17-11(27-8-12(19)20)5-9(18)6-22-17/h4-7,12H,8H2,1-3H3/b10-4-. The highest BCUT2D eigenvalue weighted by molar-refractivity contribution is 6.30. The molecular formula is C17H16ClF2N5O3. The minimum Gasteiger partial charge on any atom is -0.493 e. The molecular weight excluding hydrogens is 396 g/mol. The number of allylic oxidation sites excluding steroid dienone is 1. The number of imidazole rings is 1. The summed E-state index contributed by atoms with van der Waals surface area (Å²) in [5, 5.41) is 0.216. The monoisotopic (exact) mass is 411 g/mol. The van der Waals surface area contributed by atoms with E-state index in [4.69, 9.17) is 25.8 Å². The maximum Gasteiger partial charge on any atom is 0.272 e. The average Bonchev–Trinajstić information content (AvgIpc) is 2.99. The number of fused-ring (bicyclic) bond motifs is 1. The Kier molecular flexibility index (Phi) is 5.88. The fraction of sp³-hybridized carbons (Fsp3) is 0.294. The van der Waals surface area contributed by atoms with Crippen LogP contribution in [-0.2, 0) is 11.8 Å². The largest absolute Gasteiger partial charge is 0.493 e. The van der Waals surface area contributed by atoms with Crippen molar-refractivity contribution in [2.45, 2.75) is 13.3 Å². The molecule has 0 amide bonds. The molecule has 0 saturated carbocycles. The number of pyridine rings is 1. The zero-order chi connectivity index (χ0) is 20.3. The summed E-state index contributed by atoms with van der Waals surface area (Å²) in [6.07, 6.45) is 1.76. The summed E-state index contributed by atoms with van der Waals surface area (Å²) in [4.78, 5) is 16.9. The van der Waals surface area contributed by atoms with Gasteiger partial charge in [-0.2, -0.15) is 4.98 Å². The highest BCUT2D eigenvalue weighted by atomic mass is 35.5. The number of rotatable bonds is 7. The fourth-order valence-electron chi connectivity index (χ4n) is 2.38. The normalized spacial score (nSPS) is 11.9. The van der Waals surface area contributed by atoms with E-state index in [1.165, 1.54) is 25.6 Å². The lowest BCUT2D eigenvalue weighted by Gasteiger charge is -2.11. The number of aryl methyl sites for hydroxylation is 1. The Morgan fingerprint density at radius 3 is 2.75 bits per heavy atom. The Labute approximate surface area is 163 Å². The smallest absolute Gasteiger partial charge is 0.272 e. The summed E-state index contributed by atoms with van der Waals surface area (Å²) in [5.41, 5.74) is 0.826. The molecule has 8 nitrogen and oxygen atoms in total. The zero-order valence-electron chi connectivity index (χ0n) is 15.2. The highest BCUT2D eigenvalue weighted by Crippen LogP contribution is 2.31. The van der Waals surface area contributed by atoms with Crippen LogP contribution >= 0.6 is 11.6 Å². The summed E-state index contributed by atoms with van der Waals surface area (Å²) < 4.78 is 42.5. The van der Waals surface area contributed by atoms with E-state index in [1.807, 2.05) is 6.92 Å². The van der Waals surface area contributed by atoms with Gasteiger partial charge in [0.2, 0.25) is 5.88 Å². The van der Waals surface area contributed by atoms with Gasteiger partial charge in [0.25, 0.3) is 12.3 Å². The van der Waals surface area contributed by atoms with Crippen LogP contribution in [0.3, 0.4) is 0 Å². The second-order valence-corrected chi connectivity index (χ2v) is 5.90. The number of hydrogen-bond donors (Lipinski definition) is 0. The third kappa shape index (κ3) is 4.11. The van der Waals surface area contributed by atoms with Gasteiger partial charge in [0.05, 0.1) is 18.3 Å². The molecule has 148 valence electrons. The Morgan fingerprint density at radius 2 is 2.07 bits per heavy atom. The van der Waals surface area contributed by atoms with Crippen LogP contribution in [0.5, 0.6) is 17.5 Å². The first-order chi connectivity index (χ1) is 13.4. The molecule has 0 unspecified atom stereocenters. The van der Waals surface area contributed by atoms with Crippen molar-refractivity contribution in [1.82, 2.24) is 24.5 Å². The lowest BCUT2D eigenvalue weighted by molar-refractivity contribution is 0.0804. The van der Waals surface area contributed by atoms with E-state index in [-0.39, 0.29) is 22.5 Å². The Bertz CT molecular complexity index is 1030. The molecule has 0 fully saturated rings. The first-order valence-corrected chi connectivity index (χ1v) is 8.45. The third-order valence-electron chi connectivity index (χ3n) is 3.61. The molecule has 0 N–H and O–H groups in total. The number of methoxy groups -OCH3 is 1. The SMILES string of the molecule is C/C=C(\OC)c1nc2ncc(Oc3ncc(Cl)cc3OCC(F)F)nc2n1C. The van der Waals surface area contributed by atoms with Gasteiger partial charge in [-0.1, -0.05) is 11.6 Å². The minimum atomic E-state index is -2.66. The van der Waals surface area contributed by atoms with Crippen LogP contribution in [0.4, 0.5) is 8.78 Å². The van der Waals surface area contributed by atoms with Gasteiger partial charge in [-0.25, -0.2) is 23.7 Å². The van der Waals surface area contributed by atoms with Crippen molar-refractivity contribution < 1.29 is 23.0 Å². The van der Waals surface area contributed by atoms with Gasteiger partial charge in [-0.3, -0.25) is 0 Å². The second-order valence-electron chi connectivity index (χ2n) is 5.47. The maximum atomic E-state index is 12.5. The van der Waals surface area contributed by atoms with Crippen molar-refractivity contribution in [2.75, 3.05) is 13.7 Å². The number of alkyl halides is 2. The Morgan fingerprint density at radius 1 is 1.29 bits per heavy atom. The Balaban J connectivity index is 1.94. The van der Waals surface area contributed by atoms with Crippen molar-refractivity contribution >= 4 is 28.7 Å². The first-order valence-electron chi connectivity index (χ1n) is 8.07. The molecule has 0 atom stereocenters. The van der Waals surface area contributed by atoms with Crippen LogP contribution < -0.4 is 9.47 Å². The molecule has 11 heteroatoms. The van der Waals surface area contributed by atoms with Gasteiger partial charge >= 0.3 is 0 Å². The minimum absolute atomic E-state index is 0.0315. The molecule has 0 aliphatic carbocycles. The molecule has 3 heterocycles. The molecule has 3 aromatic rings. The molecule has 0 aliphatic rings. The van der Waals surface area contributed by atoms with Crippen molar-refractivity contribution in [3.63, 3.8) is 0 Å². The van der Waals surface area contributed by atoms with Crippen molar-refractivity contribution in [3.8, 4) is 17.5 Å². The van der Waals surface area contributed by atoms with Crippen molar-refractivity contribution in [1.29, 1.82) is 0 Å². The predicted octanol–water partition coefficient (Wildman–Crippen LogP) is 3.86. The average molecular weight is 412 g/mol. The van der Waals surface area contributed by atoms with E-state index in [0.29, 0.717) is 22.9 Å². The van der Waals surface area contributed by atoms with Crippen LogP contribution in [0.1, 0.15) is 12.7 Å². The highest BCUT2D eigenvalue weighted by Gasteiger charge is 2.17. The molecule has 0 aromatic carbocycles. The molecule has 3 aromatic heterocycles. The van der Waals surface area contributed by atoms with Crippen LogP contribution in [0.15, 0.2) is 24.5 Å². The van der Waals surface area contributed by atoms with Crippen molar-refractivity contribution in [3.05, 3.63) is 35.4 Å². The first kappa shape index (κ1) is 19.7. The molecule has 0 spiro atoms. The number of ether oxygens (including phenoxy) is 3. The van der Waals surface area contributed by atoms with E-state index >= 15 is 0 Å². The van der Waals surface area contributed by atoms with Gasteiger partial charge in [0, 0.05) is 19.3 Å². The van der Waals surface area contributed by atoms with Gasteiger partial charge in [-0.15, -0.1) is 0 Å². The molecule has 0 saturated heterocycles. The van der Waals surface area contributed by atoms with E-state index in [1.54, 1.807) is 17.7 Å². The third-order valence-corrected chi connectivity index (χ3v) is 3.82. The fourth-order valence-corrected chi connectivity index (χ4v) is 2.53. The van der Waals surface area contributed by atoms with Crippen LogP contribution in [0, 0.1) is 0 Å². The number of nitrogens with zero attached hydrogens (tertiary/aromatic N) is 5. The van der Waals surface area contributed by atoms with Gasteiger partial charge in [0.1, 0.15) is 6.61 Å². The molecule has 28 heavy (non-hydrogen) atoms. The van der Waals surface area contributed by atoms with Crippen molar-refractivity contribution in [2.24, 2.45) is 7.05 Å². The van der Waals surface area contributed by atoms with Crippen LogP contribution in [-0.4, -0.2) is 44.6 Å². The zero-order valence-corrected chi connectivity index (χ0v) is 15.9. The number of aromatic nitrogens is 5. The van der Waals surface area contributed by atoms with E-state index in [0.717, 1.165) is 0 Å². The summed E-state index contributed by atoms with van der Waals surface area (Å²) in [7, 11) is 3.29. The van der Waals surface area contributed by atoms with Gasteiger partial charge in [0.15, 0.2) is 28.6 Å². The van der Waals surface area contributed by atoms with E-state index < -0.39 is 13.0 Å². The van der Waals surface area contributed by atoms with Gasteiger partial charge < -0.3 is 18.8 Å². The molecule has 0 aliphatic heterocycles. The number of hydrogen-bond acceptors (Lipinski definition) is 7. The second kappa shape index (κ2) is 8.34. The molecule has 3 rings (SSSR count). The summed E-state index contributed by atoms with van der Waals surface area (Å²) in [5.74, 6) is 1.09. The quantitative estimate of drug-likeness (QED) is 0.546. The van der Waals surface area contributed by atoms with Gasteiger partial charge in [-0.05, 0) is 13.0 Å².